The second kappa shape index (κ2) is 6.78. The number of rotatable bonds is 4. The summed E-state index contributed by atoms with van der Waals surface area (Å²) in [5.74, 6) is 2.40. The monoisotopic (exact) mass is 290 g/mol. The molecule has 1 N–H and O–H groups in total. The zero-order valence-corrected chi connectivity index (χ0v) is 14.1. The van der Waals surface area contributed by atoms with Crippen molar-refractivity contribution in [1.82, 2.24) is 10.3 Å². The molecule has 0 radical (unpaired) electrons. The van der Waals surface area contributed by atoms with E-state index in [0.717, 1.165) is 11.7 Å². The molecule has 1 heterocycles. The van der Waals surface area contributed by atoms with Gasteiger partial charge in [-0.25, -0.2) is 0 Å². The highest BCUT2D eigenvalue weighted by molar-refractivity contribution is 5.26. The van der Waals surface area contributed by atoms with Gasteiger partial charge < -0.3 is 10.1 Å². The van der Waals surface area contributed by atoms with Crippen LogP contribution in [-0.2, 0) is 0 Å². The van der Waals surface area contributed by atoms with Crippen molar-refractivity contribution >= 4 is 0 Å². The van der Waals surface area contributed by atoms with Crippen LogP contribution in [0.3, 0.4) is 0 Å². The minimum absolute atomic E-state index is 0.383. The Labute approximate surface area is 129 Å². The van der Waals surface area contributed by atoms with Gasteiger partial charge in [0.25, 0.3) is 0 Å². The molecule has 0 bridgehead atoms. The zero-order chi connectivity index (χ0) is 15.5. The van der Waals surface area contributed by atoms with Crippen LogP contribution in [-0.4, -0.2) is 19.1 Å². The highest BCUT2D eigenvalue weighted by Crippen LogP contribution is 2.43. The molecule has 1 aliphatic carbocycles. The van der Waals surface area contributed by atoms with E-state index in [-0.39, 0.29) is 0 Å². The summed E-state index contributed by atoms with van der Waals surface area (Å²) in [5.41, 5.74) is 1.69. The average Bonchev–Trinajstić information content (AvgIpc) is 2.48. The van der Waals surface area contributed by atoms with Crippen LogP contribution in [0.15, 0.2) is 18.5 Å². The SMILES string of the molecule is CNC(c1cncc(OC)c1)C1CCC(C(C)(C)C)CC1. The van der Waals surface area contributed by atoms with Crippen molar-refractivity contribution in [3.63, 3.8) is 0 Å². The standard InChI is InChI=1S/C18H30N2O/c1-18(2,3)15-8-6-13(7-9-15)17(19-4)14-10-16(21-5)12-20-11-14/h10-13,15,17,19H,6-9H2,1-5H3. The van der Waals surface area contributed by atoms with Gasteiger partial charge in [-0.3, -0.25) is 4.98 Å². The molecule has 1 aromatic rings. The van der Waals surface area contributed by atoms with Crippen LogP contribution in [0.2, 0.25) is 0 Å². The topological polar surface area (TPSA) is 34.2 Å². The molecule has 0 saturated heterocycles. The van der Waals surface area contributed by atoms with Crippen molar-refractivity contribution in [3.05, 3.63) is 24.0 Å². The Bertz CT molecular complexity index is 445. The second-order valence-corrected chi connectivity index (χ2v) is 7.40. The van der Waals surface area contributed by atoms with Gasteiger partial charge in [-0.1, -0.05) is 20.8 Å². The number of hydrogen-bond donors (Lipinski definition) is 1. The molecule has 1 saturated carbocycles. The summed E-state index contributed by atoms with van der Waals surface area (Å²) in [5, 5.41) is 3.50. The van der Waals surface area contributed by atoms with Gasteiger partial charge in [-0.15, -0.1) is 0 Å². The van der Waals surface area contributed by atoms with Crippen LogP contribution in [0.4, 0.5) is 0 Å². The minimum Gasteiger partial charge on any atom is -0.495 e. The number of aromatic nitrogens is 1. The van der Waals surface area contributed by atoms with Gasteiger partial charge in [0.1, 0.15) is 5.75 Å². The van der Waals surface area contributed by atoms with E-state index < -0.39 is 0 Å². The van der Waals surface area contributed by atoms with Gasteiger partial charge in [0.2, 0.25) is 0 Å². The number of pyridine rings is 1. The van der Waals surface area contributed by atoms with Gasteiger partial charge >= 0.3 is 0 Å². The van der Waals surface area contributed by atoms with Crippen molar-refractivity contribution in [3.8, 4) is 5.75 Å². The highest BCUT2D eigenvalue weighted by atomic mass is 16.5. The summed E-state index contributed by atoms with van der Waals surface area (Å²) in [4.78, 5) is 4.31. The molecule has 1 atom stereocenters. The molecular formula is C18H30N2O. The quantitative estimate of drug-likeness (QED) is 0.902. The zero-order valence-electron chi connectivity index (χ0n) is 14.1. The lowest BCUT2D eigenvalue weighted by Crippen LogP contribution is -2.32. The molecule has 1 aliphatic rings. The number of methoxy groups -OCH3 is 1. The third kappa shape index (κ3) is 3.97. The molecule has 1 unspecified atom stereocenters. The summed E-state index contributed by atoms with van der Waals surface area (Å²) < 4.78 is 5.31. The fraction of sp³-hybridized carbons (Fsp3) is 0.722. The molecule has 0 aliphatic heterocycles. The van der Waals surface area contributed by atoms with Crippen LogP contribution in [0, 0.1) is 17.3 Å². The number of ether oxygens (including phenoxy) is 1. The Kier molecular flexibility index (Phi) is 5.26. The summed E-state index contributed by atoms with van der Waals surface area (Å²) in [6, 6.07) is 2.50. The molecule has 1 aromatic heterocycles. The fourth-order valence-corrected chi connectivity index (χ4v) is 3.71. The van der Waals surface area contributed by atoms with Gasteiger partial charge in [0, 0.05) is 12.2 Å². The maximum atomic E-state index is 5.31. The molecule has 1 fully saturated rings. The van der Waals surface area contributed by atoms with E-state index in [9.17, 15) is 0 Å². The third-order valence-corrected chi connectivity index (χ3v) is 5.11. The van der Waals surface area contributed by atoms with Crippen LogP contribution >= 0.6 is 0 Å². The lowest BCUT2D eigenvalue weighted by atomic mass is 9.68. The largest absolute Gasteiger partial charge is 0.495 e. The number of nitrogens with zero attached hydrogens (tertiary/aromatic N) is 1. The molecule has 2 rings (SSSR count). The molecule has 3 heteroatoms. The van der Waals surface area contributed by atoms with Crippen LogP contribution in [0.25, 0.3) is 0 Å². The molecular weight excluding hydrogens is 260 g/mol. The first kappa shape index (κ1) is 16.3. The first-order valence-corrected chi connectivity index (χ1v) is 8.12. The summed E-state index contributed by atoms with van der Waals surface area (Å²) >= 11 is 0. The van der Waals surface area contributed by atoms with Gasteiger partial charge in [-0.05, 0) is 61.6 Å². The lowest BCUT2D eigenvalue weighted by Gasteiger charge is -2.39. The minimum atomic E-state index is 0.383. The van der Waals surface area contributed by atoms with Crippen molar-refractivity contribution in [1.29, 1.82) is 0 Å². The van der Waals surface area contributed by atoms with E-state index in [1.165, 1.54) is 31.2 Å². The van der Waals surface area contributed by atoms with E-state index >= 15 is 0 Å². The van der Waals surface area contributed by atoms with Gasteiger partial charge in [0.15, 0.2) is 0 Å². The maximum Gasteiger partial charge on any atom is 0.137 e. The van der Waals surface area contributed by atoms with Crippen LogP contribution in [0.1, 0.15) is 58.1 Å². The Morgan fingerprint density at radius 1 is 1.19 bits per heavy atom. The maximum absolute atomic E-state index is 5.31. The Hall–Kier alpha value is -1.09. The summed E-state index contributed by atoms with van der Waals surface area (Å²) in [6.45, 7) is 7.12. The summed E-state index contributed by atoms with van der Waals surface area (Å²) in [6.07, 6.45) is 9.01. The van der Waals surface area contributed by atoms with Crippen molar-refractivity contribution in [2.24, 2.45) is 17.3 Å². The lowest BCUT2D eigenvalue weighted by molar-refractivity contribution is 0.134. The Balaban J connectivity index is 2.06. The smallest absolute Gasteiger partial charge is 0.137 e. The summed E-state index contributed by atoms with van der Waals surface area (Å²) in [7, 11) is 3.75. The van der Waals surface area contributed by atoms with Crippen molar-refractivity contribution in [2.75, 3.05) is 14.2 Å². The van der Waals surface area contributed by atoms with Crippen molar-refractivity contribution in [2.45, 2.75) is 52.5 Å². The molecule has 3 nitrogen and oxygen atoms in total. The predicted molar refractivity (Wildman–Crippen MR) is 87.5 cm³/mol. The second-order valence-electron chi connectivity index (χ2n) is 7.40. The van der Waals surface area contributed by atoms with Gasteiger partial charge in [-0.2, -0.15) is 0 Å². The molecule has 0 amide bonds. The van der Waals surface area contributed by atoms with Crippen LogP contribution < -0.4 is 10.1 Å². The number of hydrogen-bond acceptors (Lipinski definition) is 3. The molecule has 118 valence electrons. The number of nitrogens with one attached hydrogen (secondary N) is 1. The van der Waals surface area contributed by atoms with E-state index in [2.05, 4.69) is 44.2 Å². The normalized spacial score (nSPS) is 24.6. The predicted octanol–water partition coefficient (Wildman–Crippen LogP) is 4.20. The average molecular weight is 290 g/mol. The van der Waals surface area contributed by atoms with Crippen molar-refractivity contribution < 1.29 is 4.74 Å². The molecule has 0 spiro atoms. The van der Waals surface area contributed by atoms with E-state index in [1.807, 2.05) is 6.20 Å². The van der Waals surface area contributed by atoms with E-state index in [4.69, 9.17) is 4.74 Å². The van der Waals surface area contributed by atoms with Gasteiger partial charge in [0.05, 0.1) is 13.3 Å². The Morgan fingerprint density at radius 3 is 2.38 bits per heavy atom. The first-order chi connectivity index (χ1) is 9.95. The van der Waals surface area contributed by atoms with E-state index in [1.54, 1.807) is 13.3 Å². The highest BCUT2D eigenvalue weighted by Gasteiger charge is 2.33. The van der Waals surface area contributed by atoms with E-state index in [0.29, 0.717) is 17.4 Å². The van der Waals surface area contributed by atoms with Crippen LogP contribution in [0.5, 0.6) is 5.75 Å². The third-order valence-electron chi connectivity index (χ3n) is 5.11. The Morgan fingerprint density at radius 2 is 1.86 bits per heavy atom. The molecule has 0 aromatic carbocycles. The fourth-order valence-electron chi connectivity index (χ4n) is 3.71. The molecule has 21 heavy (non-hydrogen) atoms. The first-order valence-electron chi connectivity index (χ1n) is 8.12.